The van der Waals surface area contributed by atoms with E-state index in [1.165, 1.54) is 19.9 Å². The van der Waals surface area contributed by atoms with Gasteiger partial charge in [-0.15, -0.1) is 0 Å². The lowest BCUT2D eigenvalue weighted by Gasteiger charge is -2.24. The number of nitrogens with one attached hydrogen (secondary N) is 1. The minimum atomic E-state index is -1.55. The Bertz CT molecular complexity index is 482. The monoisotopic (exact) mass is 273 g/mol. The van der Waals surface area contributed by atoms with Gasteiger partial charge in [0.05, 0.1) is 5.41 Å². The summed E-state index contributed by atoms with van der Waals surface area (Å²) in [5.41, 5.74) is -0.104. The number of carbonyl (C=O) groups is 2. The zero-order valence-electron chi connectivity index (χ0n) is 10.4. The molecule has 0 aliphatic rings. The van der Waals surface area contributed by atoms with Crippen LogP contribution in [0, 0.1) is 11.6 Å². The molecule has 1 rings (SSSR count). The fraction of sp³-hybridized carbons (Fsp3) is 0.333. The van der Waals surface area contributed by atoms with Crippen molar-refractivity contribution >= 4 is 11.9 Å². The summed E-state index contributed by atoms with van der Waals surface area (Å²) in [6, 6.07) is 3.25. The Morgan fingerprint density at radius 3 is 2.32 bits per heavy atom. The fourth-order valence-electron chi connectivity index (χ4n) is 1.50. The molecule has 0 spiro atoms. The molecule has 0 unspecified atom stereocenters. The van der Waals surface area contributed by atoms with E-state index in [9.17, 15) is 18.4 Å². The fourth-order valence-corrected chi connectivity index (χ4v) is 1.50. The number of hydroxylamine groups is 1. The molecule has 0 aliphatic carbocycles. The summed E-state index contributed by atoms with van der Waals surface area (Å²) in [6.07, 6.45) is 0. The lowest BCUT2D eigenvalue weighted by Crippen LogP contribution is -2.42. The number of carbonyl (C=O) groups excluding carboxylic acids is 1. The average Bonchev–Trinajstić information content (AvgIpc) is 2.27. The van der Waals surface area contributed by atoms with Crippen molar-refractivity contribution in [1.82, 2.24) is 5.48 Å². The van der Waals surface area contributed by atoms with Gasteiger partial charge < -0.3 is 5.11 Å². The van der Waals surface area contributed by atoms with Crippen LogP contribution in [0.25, 0.3) is 0 Å². The molecular weight excluding hydrogens is 260 g/mol. The van der Waals surface area contributed by atoms with Crippen molar-refractivity contribution in [1.29, 1.82) is 0 Å². The van der Waals surface area contributed by atoms with Crippen molar-refractivity contribution < 1.29 is 28.3 Å². The van der Waals surface area contributed by atoms with Gasteiger partial charge in [0.15, 0.2) is 6.61 Å². The van der Waals surface area contributed by atoms with Crippen LogP contribution in [0.5, 0.6) is 0 Å². The predicted octanol–water partition coefficient (Wildman–Crippen LogP) is 1.37. The van der Waals surface area contributed by atoms with E-state index in [2.05, 4.69) is 4.84 Å². The van der Waals surface area contributed by atoms with Gasteiger partial charge in [-0.1, -0.05) is 6.07 Å². The molecule has 0 saturated heterocycles. The van der Waals surface area contributed by atoms with E-state index in [-0.39, 0.29) is 0 Å². The van der Waals surface area contributed by atoms with E-state index in [1.54, 1.807) is 0 Å². The lowest BCUT2D eigenvalue weighted by molar-refractivity contribution is -0.151. The minimum absolute atomic E-state index is 0.411. The van der Waals surface area contributed by atoms with Gasteiger partial charge in [0.2, 0.25) is 0 Å². The molecule has 0 aliphatic heterocycles. The molecule has 1 aromatic rings. The highest BCUT2D eigenvalue weighted by molar-refractivity contribution is 5.86. The Kier molecular flexibility index (Phi) is 4.55. The maximum Gasteiger partial charge on any atom is 0.332 e. The number of hydrogen-bond acceptors (Lipinski definition) is 3. The highest BCUT2D eigenvalue weighted by atomic mass is 19.1. The molecule has 7 heteroatoms. The second-order valence-corrected chi connectivity index (χ2v) is 4.34. The number of carboxylic acids is 1. The molecule has 0 radical (unpaired) electrons. The number of rotatable bonds is 5. The van der Waals surface area contributed by atoms with Crippen molar-refractivity contribution in [3.63, 3.8) is 0 Å². The van der Waals surface area contributed by atoms with Crippen LogP contribution in [-0.4, -0.2) is 23.6 Å². The van der Waals surface area contributed by atoms with Crippen molar-refractivity contribution in [2.75, 3.05) is 6.61 Å². The SMILES string of the molecule is CC(C)(C(=O)NOCC(=O)O)c1c(F)cccc1F. The van der Waals surface area contributed by atoms with E-state index in [0.717, 1.165) is 12.1 Å². The Balaban J connectivity index is 2.90. The number of aliphatic carboxylic acids is 1. The third kappa shape index (κ3) is 3.47. The third-order valence-corrected chi connectivity index (χ3v) is 2.52. The molecule has 0 saturated carbocycles. The molecule has 0 atom stereocenters. The highest BCUT2D eigenvalue weighted by Crippen LogP contribution is 2.28. The molecule has 2 N–H and O–H groups in total. The summed E-state index contributed by atoms with van der Waals surface area (Å²) >= 11 is 0. The summed E-state index contributed by atoms with van der Waals surface area (Å²) in [4.78, 5) is 26.4. The van der Waals surface area contributed by atoms with Crippen LogP contribution < -0.4 is 5.48 Å². The van der Waals surface area contributed by atoms with Gasteiger partial charge in [-0.3, -0.25) is 9.63 Å². The van der Waals surface area contributed by atoms with Gasteiger partial charge in [0.25, 0.3) is 5.91 Å². The molecule has 0 aromatic heterocycles. The standard InChI is InChI=1S/C12H13F2NO4/c1-12(2,11(18)15-19-6-9(16)17)10-7(13)4-3-5-8(10)14/h3-5H,6H2,1-2H3,(H,15,18)(H,16,17). The summed E-state index contributed by atoms with van der Waals surface area (Å²) < 4.78 is 27.2. The van der Waals surface area contributed by atoms with Gasteiger partial charge >= 0.3 is 5.97 Å². The zero-order chi connectivity index (χ0) is 14.6. The second-order valence-electron chi connectivity index (χ2n) is 4.34. The quantitative estimate of drug-likeness (QED) is 0.795. The summed E-state index contributed by atoms with van der Waals surface area (Å²) in [6.45, 7) is 1.85. The topological polar surface area (TPSA) is 75.6 Å². The van der Waals surface area contributed by atoms with Gasteiger partial charge in [-0.2, -0.15) is 0 Å². The number of benzene rings is 1. The van der Waals surface area contributed by atoms with Gasteiger partial charge in [0, 0.05) is 5.56 Å². The summed E-state index contributed by atoms with van der Waals surface area (Å²) in [5.74, 6) is -3.86. The second kappa shape index (κ2) is 5.75. The normalized spacial score (nSPS) is 11.2. The van der Waals surface area contributed by atoms with E-state index in [1.807, 2.05) is 5.48 Å². The zero-order valence-corrected chi connectivity index (χ0v) is 10.4. The van der Waals surface area contributed by atoms with Crippen molar-refractivity contribution in [3.8, 4) is 0 Å². The molecule has 1 aromatic carbocycles. The lowest BCUT2D eigenvalue weighted by atomic mass is 9.83. The largest absolute Gasteiger partial charge is 0.479 e. The van der Waals surface area contributed by atoms with Crippen LogP contribution in [0.15, 0.2) is 18.2 Å². The molecule has 0 heterocycles. The van der Waals surface area contributed by atoms with Crippen LogP contribution in [0.4, 0.5) is 8.78 Å². The van der Waals surface area contributed by atoms with Gasteiger partial charge in [0.1, 0.15) is 11.6 Å². The third-order valence-electron chi connectivity index (χ3n) is 2.52. The maximum atomic E-state index is 13.6. The van der Waals surface area contributed by atoms with Crippen molar-refractivity contribution in [2.24, 2.45) is 0 Å². The minimum Gasteiger partial charge on any atom is -0.479 e. The average molecular weight is 273 g/mol. The van der Waals surface area contributed by atoms with Crippen LogP contribution in [0.3, 0.4) is 0 Å². The van der Waals surface area contributed by atoms with E-state index < -0.39 is 41.1 Å². The smallest absolute Gasteiger partial charge is 0.332 e. The molecule has 1 amide bonds. The molecule has 104 valence electrons. The van der Waals surface area contributed by atoms with E-state index in [0.29, 0.717) is 0 Å². The predicted molar refractivity (Wildman–Crippen MR) is 61.1 cm³/mol. The molecular formula is C12H13F2NO4. The Hall–Kier alpha value is -2.02. The Morgan fingerprint density at radius 2 is 1.84 bits per heavy atom. The van der Waals surface area contributed by atoms with E-state index >= 15 is 0 Å². The first-order valence-electron chi connectivity index (χ1n) is 5.35. The highest BCUT2D eigenvalue weighted by Gasteiger charge is 2.35. The van der Waals surface area contributed by atoms with Crippen molar-refractivity contribution in [2.45, 2.75) is 19.3 Å². The number of carboxylic acid groups (broad SMARTS) is 1. The molecule has 19 heavy (non-hydrogen) atoms. The van der Waals surface area contributed by atoms with Gasteiger partial charge in [-0.05, 0) is 26.0 Å². The van der Waals surface area contributed by atoms with Crippen LogP contribution in [0.1, 0.15) is 19.4 Å². The van der Waals surface area contributed by atoms with Crippen LogP contribution in [-0.2, 0) is 19.8 Å². The van der Waals surface area contributed by atoms with Crippen LogP contribution >= 0.6 is 0 Å². The number of hydrogen-bond donors (Lipinski definition) is 2. The summed E-state index contributed by atoms with van der Waals surface area (Å²) in [5, 5.41) is 8.34. The van der Waals surface area contributed by atoms with Gasteiger partial charge in [-0.25, -0.2) is 19.1 Å². The maximum absolute atomic E-state index is 13.6. The van der Waals surface area contributed by atoms with Crippen LogP contribution in [0.2, 0.25) is 0 Å². The number of halogens is 2. The Morgan fingerprint density at radius 1 is 1.32 bits per heavy atom. The summed E-state index contributed by atoms with van der Waals surface area (Å²) in [7, 11) is 0. The Labute approximate surface area is 108 Å². The molecule has 0 bridgehead atoms. The van der Waals surface area contributed by atoms with E-state index in [4.69, 9.17) is 5.11 Å². The first kappa shape index (κ1) is 15.0. The molecule has 0 fully saturated rings. The first-order chi connectivity index (χ1) is 8.76. The van der Waals surface area contributed by atoms with Crippen molar-refractivity contribution in [3.05, 3.63) is 35.4 Å². The number of amides is 1. The first-order valence-corrected chi connectivity index (χ1v) is 5.35. The molecule has 5 nitrogen and oxygen atoms in total.